The highest BCUT2D eigenvalue weighted by Gasteiger charge is 2.39. The largest absolute Gasteiger partial charge is 0.480 e. The summed E-state index contributed by atoms with van der Waals surface area (Å²) in [6.45, 7) is 6.99. The van der Waals surface area contributed by atoms with E-state index in [1.165, 1.54) is 5.56 Å². The van der Waals surface area contributed by atoms with Gasteiger partial charge in [0.15, 0.2) is 0 Å². The molecule has 1 aliphatic heterocycles. The van der Waals surface area contributed by atoms with Gasteiger partial charge < -0.3 is 5.11 Å². The van der Waals surface area contributed by atoms with Gasteiger partial charge in [0.2, 0.25) is 0 Å². The molecule has 2 heterocycles. The molecule has 4 nitrogen and oxygen atoms in total. The molecule has 0 aromatic carbocycles. The molecule has 3 unspecified atom stereocenters. The van der Waals surface area contributed by atoms with E-state index in [1.807, 2.05) is 26.0 Å². The Kier molecular flexibility index (Phi) is 4.20. The minimum Gasteiger partial charge on any atom is -0.480 e. The second kappa shape index (κ2) is 5.70. The summed E-state index contributed by atoms with van der Waals surface area (Å²) in [4.78, 5) is 17.7. The Morgan fingerprint density at radius 1 is 1.42 bits per heavy atom. The van der Waals surface area contributed by atoms with Crippen LogP contribution in [0.15, 0.2) is 24.5 Å². The number of carboxylic acid groups (broad SMARTS) is 1. The average Bonchev–Trinajstić information content (AvgIpc) is 2.71. The second-order valence-corrected chi connectivity index (χ2v) is 5.86. The number of aromatic nitrogens is 1. The van der Waals surface area contributed by atoms with Gasteiger partial charge in [-0.15, -0.1) is 0 Å². The molecule has 1 aromatic rings. The molecule has 1 saturated heterocycles. The Bertz CT molecular complexity index is 433. The third-order valence-corrected chi connectivity index (χ3v) is 3.88. The highest BCUT2D eigenvalue weighted by atomic mass is 16.4. The zero-order chi connectivity index (χ0) is 14.0. The van der Waals surface area contributed by atoms with E-state index in [-0.39, 0.29) is 12.0 Å². The Balaban J connectivity index is 2.29. The van der Waals surface area contributed by atoms with Crippen LogP contribution in [0.4, 0.5) is 0 Å². The van der Waals surface area contributed by atoms with Crippen molar-refractivity contribution in [3.8, 4) is 0 Å². The lowest BCUT2D eigenvalue weighted by atomic mass is 9.98. The zero-order valence-corrected chi connectivity index (χ0v) is 11.8. The van der Waals surface area contributed by atoms with E-state index < -0.39 is 12.0 Å². The fourth-order valence-corrected chi connectivity index (χ4v) is 3.11. The van der Waals surface area contributed by atoms with Crippen molar-refractivity contribution in [2.75, 3.05) is 6.54 Å². The molecule has 0 saturated carbocycles. The molecule has 4 heteroatoms. The number of pyridine rings is 1. The van der Waals surface area contributed by atoms with Crippen molar-refractivity contribution >= 4 is 5.97 Å². The molecule has 0 radical (unpaired) electrons. The highest BCUT2D eigenvalue weighted by molar-refractivity contribution is 5.74. The molecule has 19 heavy (non-hydrogen) atoms. The van der Waals surface area contributed by atoms with Crippen LogP contribution in [-0.4, -0.2) is 33.5 Å². The van der Waals surface area contributed by atoms with Gasteiger partial charge >= 0.3 is 5.97 Å². The molecule has 2 rings (SSSR count). The van der Waals surface area contributed by atoms with E-state index >= 15 is 0 Å². The fourth-order valence-electron chi connectivity index (χ4n) is 3.11. The number of nitrogens with zero attached hydrogens (tertiary/aromatic N) is 2. The molecule has 3 atom stereocenters. The van der Waals surface area contributed by atoms with Crippen molar-refractivity contribution in [1.82, 2.24) is 9.88 Å². The van der Waals surface area contributed by atoms with Crippen molar-refractivity contribution in [2.24, 2.45) is 11.8 Å². The van der Waals surface area contributed by atoms with E-state index in [1.54, 1.807) is 12.4 Å². The number of aliphatic carboxylic acids is 1. The molecule has 0 amide bonds. The first kappa shape index (κ1) is 14.0. The van der Waals surface area contributed by atoms with Gasteiger partial charge in [0.25, 0.3) is 0 Å². The molecule has 104 valence electrons. The Morgan fingerprint density at radius 3 is 2.58 bits per heavy atom. The molecule has 1 N–H and O–H groups in total. The number of hydrogen-bond acceptors (Lipinski definition) is 3. The van der Waals surface area contributed by atoms with Crippen molar-refractivity contribution < 1.29 is 9.90 Å². The van der Waals surface area contributed by atoms with Crippen molar-refractivity contribution in [3.63, 3.8) is 0 Å². The minimum atomic E-state index is -0.719. The van der Waals surface area contributed by atoms with Gasteiger partial charge in [0.1, 0.15) is 6.04 Å². The van der Waals surface area contributed by atoms with Gasteiger partial charge in [-0.3, -0.25) is 14.7 Å². The lowest BCUT2D eigenvalue weighted by Gasteiger charge is -2.33. The van der Waals surface area contributed by atoms with E-state index in [9.17, 15) is 9.90 Å². The smallest absolute Gasteiger partial charge is 0.321 e. The summed E-state index contributed by atoms with van der Waals surface area (Å²) in [5.74, 6) is -0.0888. The Morgan fingerprint density at radius 2 is 2.05 bits per heavy atom. The fraction of sp³-hybridized carbons (Fsp3) is 0.600. The number of likely N-dealkylation sites (tertiary alicyclic amines) is 1. The Labute approximate surface area is 114 Å². The monoisotopic (exact) mass is 262 g/mol. The van der Waals surface area contributed by atoms with Crippen LogP contribution in [0.2, 0.25) is 0 Å². The molecule has 1 fully saturated rings. The van der Waals surface area contributed by atoms with E-state index in [0.29, 0.717) is 5.92 Å². The lowest BCUT2D eigenvalue weighted by molar-refractivity contribution is -0.145. The van der Waals surface area contributed by atoms with Crippen LogP contribution < -0.4 is 0 Å². The summed E-state index contributed by atoms with van der Waals surface area (Å²) in [5.41, 5.74) is 1.17. The summed E-state index contributed by atoms with van der Waals surface area (Å²) in [6.07, 6.45) is 4.57. The van der Waals surface area contributed by atoms with Crippen LogP contribution in [0.3, 0.4) is 0 Å². The maximum absolute atomic E-state index is 11.6. The number of carboxylic acids is 1. The summed E-state index contributed by atoms with van der Waals surface area (Å²) in [7, 11) is 0. The standard InChI is InChI=1S/C15H22N2O2/c1-10(2)14(15(18)19)17-9-11(3)8-13(17)12-4-6-16-7-5-12/h4-7,10-11,13-14H,8-9H2,1-3H3,(H,18,19). The molecular formula is C15H22N2O2. The van der Waals surface area contributed by atoms with Crippen LogP contribution >= 0.6 is 0 Å². The molecule has 0 spiro atoms. The van der Waals surface area contributed by atoms with Gasteiger partial charge in [-0.05, 0) is 36.0 Å². The first-order chi connectivity index (χ1) is 9.00. The van der Waals surface area contributed by atoms with Crippen molar-refractivity contribution in [2.45, 2.75) is 39.3 Å². The third kappa shape index (κ3) is 2.95. The number of hydrogen-bond donors (Lipinski definition) is 1. The summed E-state index contributed by atoms with van der Waals surface area (Å²) < 4.78 is 0. The van der Waals surface area contributed by atoms with E-state index in [4.69, 9.17) is 0 Å². The van der Waals surface area contributed by atoms with Crippen LogP contribution in [-0.2, 0) is 4.79 Å². The minimum absolute atomic E-state index is 0.104. The third-order valence-electron chi connectivity index (χ3n) is 3.88. The quantitative estimate of drug-likeness (QED) is 0.906. The summed E-state index contributed by atoms with van der Waals surface area (Å²) in [6, 6.07) is 3.77. The number of carbonyl (C=O) groups is 1. The predicted octanol–water partition coefficient (Wildman–Crippen LogP) is 2.57. The predicted molar refractivity (Wildman–Crippen MR) is 73.7 cm³/mol. The van der Waals surface area contributed by atoms with Crippen LogP contribution in [0, 0.1) is 11.8 Å². The molecule has 0 aliphatic carbocycles. The maximum Gasteiger partial charge on any atom is 0.321 e. The van der Waals surface area contributed by atoms with Crippen molar-refractivity contribution in [1.29, 1.82) is 0 Å². The SMILES string of the molecule is CC1CC(c2ccncc2)N(C(C(=O)O)C(C)C)C1. The topological polar surface area (TPSA) is 53.4 Å². The van der Waals surface area contributed by atoms with Gasteiger partial charge in [-0.1, -0.05) is 20.8 Å². The van der Waals surface area contributed by atoms with Gasteiger partial charge in [-0.2, -0.15) is 0 Å². The first-order valence-electron chi connectivity index (χ1n) is 6.89. The number of rotatable bonds is 4. The first-order valence-corrected chi connectivity index (χ1v) is 6.89. The van der Waals surface area contributed by atoms with Crippen molar-refractivity contribution in [3.05, 3.63) is 30.1 Å². The van der Waals surface area contributed by atoms with E-state index in [2.05, 4.69) is 16.8 Å². The Hall–Kier alpha value is -1.42. The zero-order valence-electron chi connectivity index (χ0n) is 11.8. The summed E-state index contributed by atoms with van der Waals surface area (Å²) in [5, 5.41) is 9.50. The van der Waals surface area contributed by atoms with Crippen LogP contribution in [0.1, 0.15) is 38.8 Å². The second-order valence-electron chi connectivity index (χ2n) is 5.86. The van der Waals surface area contributed by atoms with Gasteiger partial charge in [0.05, 0.1) is 0 Å². The lowest BCUT2D eigenvalue weighted by Crippen LogP contribution is -2.44. The maximum atomic E-state index is 11.6. The normalized spacial score (nSPS) is 25.7. The molecule has 1 aromatic heterocycles. The van der Waals surface area contributed by atoms with Gasteiger partial charge in [0, 0.05) is 25.0 Å². The molecule has 1 aliphatic rings. The highest BCUT2D eigenvalue weighted by Crippen LogP contribution is 2.37. The van der Waals surface area contributed by atoms with E-state index in [0.717, 1.165) is 13.0 Å². The van der Waals surface area contributed by atoms with Crippen LogP contribution in [0.5, 0.6) is 0 Å². The molecule has 0 bridgehead atoms. The van der Waals surface area contributed by atoms with Gasteiger partial charge in [-0.25, -0.2) is 0 Å². The van der Waals surface area contributed by atoms with Crippen LogP contribution in [0.25, 0.3) is 0 Å². The molecular weight excluding hydrogens is 240 g/mol. The summed E-state index contributed by atoms with van der Waals surface area (Å²) >= 11 is 0. The average molecular weight is 262 g/mol.